The molecule has 0 spiro atoms. The minimum Gasteiger partial charge on any atom is -0.393 e. The Hall–Kier alpha value is -1.42. The van der Waals surface area contributed by atoms with E-state index in [1.165, 1.54) is 0 Å². The predicted molar refractivity (Wildman–Crippen MR) is 64.3 cm³/mol. The molecular weight excluding hydrogens is 216 g/mol. The third kappa shape index (κ3) is 3.03. The van der Waals surface area contributed by atoms with Gasteiger partial charge in [0, 0.05) is 31.4 Å². The minimum atomic E-state index is -0.328. The van der Waals surface area contributed by atoms with Crippen molar-refractivity contribution in [2.24, 2.45) is 5.92 Å². The second kappa shape index (κ2) is 5.27. The number of rotatable bonds is 3. The van der Waals surface area contributed by atoms with Crippen LogP contribution in [0, 0.1) is 5.92 Å². The number of hydrogen-bond donors (Lipinski definition) is 1. The van der Waals surface area contributed by atoms with Crippen molar-refractivity contribution < 1.29 is 9.90 Å². The van der Waals surface area contributed by atoms with Gasteiger partial charge in [-0.15, -0.1) is 0 Å². The van der Waals surface area contributed by atoms with Crippen LogP contribution < -0.4 is 0 Å². The summed E-state index contributed by atoms with van der Waals surface area (Å²) in [5, 5.41) is 9.49. The number of pyridine rings is 1. The Morgan fingerprint density at radius 2 is 2.53 bits per heavy atom. The van der Waals surface area contributed by atoms with Gasteiger partial charge in [-0.2, -0.15) is 0 Å². The Labute approximate surface area is 101 Å². The van der Waals surface area contributed by atoms with Gasteiger partial charge in [-0.05, 0) is 25.0 Å². The molecule has 0 saturated carbocycles. The van der Waals surface area contributed by atoms with Crippen LogP contribution in [0.3, 0.4) is 0 Å². The Kier molecular flexibility index (Phi) is 3.74. The summed E-state index contributed by atoms with van der Waals surface area (Å²) in [5.74, 6) is 0.356. The van der Waals surface area contributed by atoms with E-state index in [4.69, 9.17) is 0 Å². The maximum Gasteiger partial charge on any atom is 0.227 e. The number of carbonyl (C=O) groups is 1. The highest BCUT2D eigenvalue weighted by Crippen LogP contribution is 2.20. The fourth-order valence-corrected chi connectivity index (χ4v) is 2.20. The van der Waals surface area contributed by atoms with Crippen molar-refractivity contribution in [3.8, 4) is 0 Å². The van der Waals surface area contributed by atoms with Crippen LogP contribution in [-0.2, 0) is 11.2 Å². The highest BCUT2D eigenvalue weighted by molar-refractivity contribution is 5.78. The molecule has 1 aliphatic heterocycles. The smallest absolute Gasteiger partial charge is 0.227 e. The van der Waals surface area contributed by atoms with Gasteiger partial charge in [0.15, 0.2) is 0 Å². The van der Waals surface area contributed by atoms with E-state index in [1.807, 2.05) is 17.0 Å². The molecular formula is C13H18N2O2. The first-order chi connectivity index (χ1) is 8.16. The first-order valence-electron chi connectivity index (χ1n) is 6.01. The zero-order valence-corrected chi connectivity index (χ0v) is 10.0. The third-order valence-electron chi connectivity index (χ3n) is 3.34. The number of amides is 1. The average molecular weight is 234 g/mol. The molecule has 1 aromatic rings. The number of hydrogen-bond acceptors (Lipinski definition) is 3. The van der Waals surface area contributed by atoms with E-state index in [-0.39, 0.29) is 17.9 Å². The molecule has 0 aliphatic carbocycles. The number of carbonyl (C=O) groups excluding carboxylic acids is 1. The Morgan fingerprint density at radius 3 is 3.12 bits per heavy atom. The Bertz CT molecular complexity index is 378. The van der Waals surface area contributed by atoms with Crippen molar-refractivity contribution in [2.45, 2.75) is 25.9 Å². The third-order valence-corrected chi connectivity index (χ3v) is 3.34. The Balaban J connectivity index is 1.90. The SMILES string of the molecule is CC(O)C1CCN(C(=O)Cc2cccnc2)C1. The normalized spacial score (nSPS) is 21.5. The number of aliphatic hydroxyl groups is 1. The topological polar surface area (TPSA) is 53.4 Å². The van der Waals surface area contributed by atoms with Crippen LogP contribution >= 0.6 is 0 Å². The zero-order valence-electron chi connectivity index (χ0n) is 10.0. The summed E-state index contributed by atoms with van der Waals surface area (Å²) >= 11 is 0. The van der Waals surface area contributed by atoms with Gasteiger partial charge in [0.2, 0.25) is 5.91 Å². The van der Waals surface area contributed by atoms with Crippen molar-refractivity contribution in [3.05, 3.63) is 30.1 Å². The monoisotopic (exact) mass is 234 g/mol. The van der Waals surface area contributed by atoms with Gasteiger partial charge in [-0.1, -0.05) is 6.07 Å². The van der Waals surface area contributed by atoms with Crippen LogP contribution in [0.15, 0.2) is 24.5 Å². The predicted octanol–water partition coefficient (Wildman–Crippen LogP) is 0.853. The van der Waals surface area contributed by atoms with Crippen LogP contribution in [0.5, 0.6) is 0 Å². The molecule has 1 saturated heterocycles. The van der Waals surface area contributed by atoms with Gasteiger partial charge >= 0.3 is 0 Å². The second-order valence-electron chi connectivity index (χ2n) is 4.67. The molecule has 2 atom stereocenters. The molecule has 1 fully saturated rings. The van der Waals surface area contributed by atoms with Crippen LogP contribution in [0.2, 0.25) is 0 Å². The molecule has 17 heavy (non-hydrogen) atoms. The van der Waals surface area contributed by atoms with Gasteiger partial charge < -0.3 is 10.0 Å². The van der Waals surface area contributed by atoms with Crippen molar-refractivity contribution in [1.29, 1.82) is 0 Å². The van der Waals surface area contributed by atoms with Crippen molar-refractivity contribution in [2.75, 3.05) is 13.1 Å². The average Bonchev–Trinajstić information content (AvgIpc) is 2.79. The second-order valence-corrected chi connectivity index (χ2v) is 4.67. The molecule has 1 aliphatic rings. The summed E-state index contributed by atoms with van der Waals surface area (Å²) < 4.78 is 0. The zero-order chi connectivity index (χ0) is 12.3. The molecule has 4 nitrogen and oxygen atoms in total. The molecule has 0 bridgehead atoms. The summed E-state index contributed by atoms with van der Waals surface area (Å²) in [6.07, 6.45) is 4.40. The highest BCUT2D eigenvalue weighted by Gasteiger charge is 2.28. The molecule has 0 radical (unpaired) electrons. The molecule has 2 unspecified atom stereocenters. The maximum absolute atomic E-state index is 12.0. The number of aliphatic hydroxyl groups excluding tert-OH is 1. The summed E-state index contributed by atoms with van der Waals surface area (Å²) in [6, 6.07) is 3.75. The molecule has 1 aromatic heterocycles. The first-order valence-corrected chi connectivity index (χ1v) is 6.01. The van der Waals surface area contributed by atoms with Gasteiger partial charge in [0.25, 0.3) is 0 Å². The van der Waals surface area contributed by atoms with E-state index >= 15 is 0 Å². The van der Waals surface area contributed by atoms with Crippen molar-refractivity contribution in [1.82, 2.24) is 9.88 Å². The standard InChI is InChI=1S/C13H18N2O2/c1-10(16)12-4-6-15(9-12)13(17)7-11-3-2-5-14-8-11/h2-3,5,8,10,12,16H,4,6-7,9H2,1H3. The Morgan fingerprint density at radius 1 is 1.71 bits per heavy atom. The van der Waals surface area contributed by atoms with Crippen LogP contribution in [0.1, 0.15) is 18.9 Å². The first kappa shape index (κ1) is 12.0. The molecule has 0 aromatic carbocycles. The lowest BCUT2D eigenvalue weighted by Gasteiger charge is -2.17. The van der Waals surface area contributed by atoms with Gasteiger partial charge in [0.05, 0.1) is 12.5 Å². The van der Waals surface area contributed by atoms with Crippen LogP contribution in [0.4, 0.5) is 0 Å². The van der Waals surface area contributed by atoms with Crippen molar-refractivity contribution in [3.63, 3.8) is 0 Å². The quantitative estimate of drug-likeness (QED) is 0.843. The molecule has 4 heteroatoms. The number of aromatic nitrogens is 1. The van der Waals surface area contributed by atoms with E-state index in [0.717, 1.165) is 18.5 Å². The van der Waals surface area contributed by atoms with Crippen LogP contribution in [-0.4, -0.2) is 40.1 Å². The molecule has 92 valence electrons. The maximum atomic E-state index is 12.0. The number of nitrogens with zero attached hydrogens (tertiary/aromatic N) is 2. The summed E-state index contributed by atoms with van der Waals surface area (Å²) in [7, 11) is 0. The summed E-state index contributed by atoms with van der Waals surface area (Å²) in [5.41, 5.74) is 0.943. The van der Waals surface area contributed by atoms with E-state index in [9.17, 15) is 9.90 Å². The van der Waals surface area contributed by atoms with Crippen LogP contribution in [0.25, 0.3) is 0 Å². The largest absolute Gasteiger partial charge is 0.393 e. The van der Waals surface area contributed by atoms with E-state index in [2.05, 4.69) is 4.98 Å². The molecule has 2 rings (SSSR count). The molecule has 2 heterocycles. The summed E-state index contributed by atoms with van der Waals surface area (Å²) in [6.45, 7) is 3.23. The lowest BCUT2D eigenvalue weighted by Crippen LogP contribution is -2.31. The summed E-state index contributed by atoms with van der Waals surface area (Å²) in [4.78, 5) is 17.8. The van der Waals surface area contributed by atoms with Gasteiger partial charge in [0.1, 0.15) is 0 Å². The number of likely N-dealkylation sites (tertiary alicyclic amines) is 1. The van der Waals surface area contributed by atoms with Crippen molar-refractivity contribution >= 4 is 5.91 Å². The molecule has 1 amide bonds. The lowest BCUT2D eigenvalue weighted by molar-refractivity contribution is -0.129. The lowest BCUT2D eigenvalue weighted by atomic mass is 10.0. The fourth-order valence-electron chi connectivity index (χ4n) is 2.20. The van der Waals surface area contributed by atoms with Gasteiger partial charge in [-0.25, -0.2) is 0 Å². The van der Waals surface area contributed by atoms with E-state index < -0.39 is 0 Å². The highest BCUT2D eigenvalue weighted by atomic mass is 16.3. The fraction of sp³-hybridized carbons (Fsp3) is 0.538. The molecule has 1 N–H and O–H groups in total. The van der Waals surface area contributed by atoms with Gasteiger partial charge in [-0.3, -0.25) is 9.78 Å². The minimum absolute atomic E-state index is 0.126. The van der Waals surface area contributed by atoms with E-state index in [1.54, 1.807) is 19.3 Å². The van der Waals surface area contributed by atoms with E-state index in [0.29, 0.717) is 13.0 Å².